The fourth-order valence-corrected chi connectivity index (χ4v) is 2.32. The van der Waals surface area contributed by atoms with E-state index in [4.69, 9.17) is 4.74 Å². The van der Waals surface area contributed by atoms with Gasteiger partial charge in [-0.3, -0.25) is 0 Å². The maximum absolute atomic E-state index is 5.89. The lowest BCUT2D eigenvalue weighted by atomic mass is 9.98. The van der Waals surface area contributed by atoms with Crippen molar-refractivity contribution >= 4 is 0 Å². The van der Waals surface area contributed by atoms with Gasteiger partial charge in [0.1, 0.15) is 6.10 Å². The van der Waals surface area contributed by atoms with Crippen LogP contribution in [0.3, 0.4) is 0 Å². The second-order valence-corrected chi connectivity index (χ2v) is 3.97. The smallest absolute Gasteiger partial charge is 0.108 e. The largest absolute Gasteiger partial charge is 0.361 e. The van der Waals surface area contributed by atoms with Gasteiger partial charge in [-0.05, 0) is 22.3 Å². The van der Waals surface area contributed by atoms with E-state index in [-0.39, 0.29) is 12.2 Å². The van der Waals surface area contributed by atoms with Crippen LogP contribution in [0.15, 0.2) is 48.6 Å². The fourth-order valence-electron chi connectivity index (χ4n) is 2.32. The van der Waals surface area contributed by atoms with Gasteiger partial charge < -0.3 is 4.74 Å². The van der Waals surface area contributed by atoms with Gasteiger partial charge in [0.2, 0.25) is 0 Å². The van der Waals surface area contributed by atoms with E-state index in [0.717, 1.165) is 17.6 Å². The molecule has 2 atom stereocenters. The molecule has 0 saturated carbocycles. The molecule has 2 unspecified atom stereocenters. The maximum atomic E-state index is 5.89. The summed E-state index contributed by atoms with van der Waals surface area (Å²) in [6.45, 7) is 8.09. The highest BCUT2D eigenvalue weighted by Gasteiger charge is 2.38. The van der Waals surface area contributed by atoms with Crippen molar-refractivity contribution in [3.63, 3.8) is 0 Å². The van der Waals surface area contributed by atoms with Crippen molar-refractivity contribution in [1.82, 2.24) is 0 Å². The van der Waals surface area contributed by atoms with Gasteiger partial charge in [0, 0.05) is 6.42 Å². The van der Waals surface area contributed by atoms with Crippen LogP contribution in [0, 0.1) is 0 Å². The van der Waals surface area contributed by atoms with Crippen molar-refractivity contribution in [2.24, 2.45) is 0 Å². The third kappa shape index (κ3) is 0.878. The normalized spacial score (nSPS) is 29.1. The molecule has 2 aliphatic heterocycles. The molecule has 2 aliphatic rings. The summed E-state index contributed by atoms with van der Waals surface area (Å²) < 4.78 is 5.89. The number of benzene rings is 1. The van der Waals surface area contributed by atoms with Gasteiger partial charge in [-0.25, -0.2) is 0 Å². The van der Waals surface area contributed by atoms with Crippen LogP contribution in [-0.2, 0) is 4.74 Å². The maximum Gasteiger partial charge on any atom is 0.108 e. The molecule has 1 aromatic rings. The molecule has 2 bridgehead atoms. The first-order valence-electron chi connectivity index (χ1n) is 4.88. The third-order valence-corrected chi connectivity index (χ3v) is 3.13. The first kappa shape index (κ1) is 8.01. The first-order valence-corrected chi connectivity index (χ1v) is 4.88. The molecule has 1 fully saturated rings. The van der Waals surface area contributed by atoms with E-state index in [0.29, 0.717) is 0 Å². The minimum absolute atomic E-state index is 0.0671. The van der Waals surface area contributed by atoms with Crippen LogP contribution >= 0.6 is 0 Å². The molecular weight excluding hydrogens is 172 g/mol. The first-order chi connectivity index (χ1) is 6.77. The van der Waals surface area contributed by atoms with Gasteiger partial charge in [0.15, 0.2) is 0 Å². The summed E-state index contributed by atoms with van der Waals surface area (Å²) in [5, 5.41) is 0. The van der Waals surface area contributed by atoms with Crippen LogP contribution in [0.25, 0.3) is 0 Å². The van der Waals surface area contributed by atoms with Crippen LogP contribution in [0.5, 0.6) is 0 Å². The molecule has 1 nitrogen and oxygen atoms in total. The molecular formula is C13H12O. The van der Waals surface area contributed by atoms with E-state index in [9.17, 15) is 0 Å². The minimum atomic E-state index is 0.0671. The van der Waals surface area contributed by atoms with E-state index in [2.05, 4.69) is 37.4 Å². The summed E-state index contributed by atoms with van der Waals surface area (Å²) in [5.41, 5.74) is 4.78. The summed E-state index contributed by atoms with van der Waals surface area (Å²) in [7, 11) is 0. The zero-order valence-electron chi connectivity index (χ0n) is 7.99. The monoisotopic (exact) mass is 184 g/mol. The van der Waals surface area contributed by atoms with Gasteiger partial charge in [0.05, 0.1) is 6.10 Å². The van der Waals surface area contributed by atoms with Crippen molar-refractivity contribution in [3.8, 4) is 0 Å². The van der Waals surface area contributed by atoms with Crippen LogP contribution in [0.4, 0.5) is 0 Å². The average Bonchev–Trinajstić information content (AvgIpc) is 2.52. The highest BCUT2D eigenvalue weighted by Crippen LogP contribution is 2.51. The lowest BCUT2D eigenvalue weighted by Gasteiger charge is -2.24. The van der Waals surface area contributed by atoms with Crippen LogP contribution in [-0.4, -0.2) is 0 Å². The van der Waals surface area contributed by atoms with Crippen molar-refractivity contribution in [1.29, 1.82) is 0 Å². The average molecular weight is 184 g/mol. The van der Waals surface area contributed by atoms with E-state index < -0.39 is 0 Å². The number of fused-ring (bicyclic) bond motifs is 5. The van der Waals surface area contributed by atoms with Crippen LogP contribution in [0.2, 0.25) is 0 Å². The van der Waals surface area contributed by atoms with Gasteiger partial charge in [-0.15, -0.1) is 0 Å². The van der Waals surface area contributed by atoms with Crippen molar-refractivity contribution in [2.75, 3.05) is 0 Å². The Labute approximate surface area is 83.7 Å². The topological polar surface area (TPSA) is 9.23 Å². The van der Waals surface area contributed by atoms with E-state index in [1.54, 1.807) is 0 Å². The highest BCUT2D eigenvalue weighted by molar-refractivity contribution is 5.48. The Balaban J connectivity index is 2.19. The Hall–Kier alpha value is -1.34. The highest BCUT2D eigenvalue weighted by atomic mass is 16.5. The van der Waals surface area contributed by atoms with Gasteiger partial charge in [0.25, 0.3) is 0 Å². The molecule has 1 heteroatoms. The molecule has 70 valence electrons. The Morgan fingerprint density at radius 3 is 2.64 bits per heavy atom. The zero-order chi connectivity index (χ0) is 9.71. The molecule has 0 aromatic heterocycles. The summed E-state index contributed by atoms with van der Waals surface area (Å²) in [5.74, 6) is 0. The van der Waals surface area contributed by atoms with Crippen LogP contribution in [0.1, 0.15) is 29.8 Å². The number of ether oxygens (including phenoxy) is 1. The zero-order valence-corrected chi connectivity index (χ0v) is 7.99. The molecule has 3 rings (SSSR count). The van der Waals surface area contributed by atoms with Gasteiger partial charge in [-0.1, -0.05) is 37.4 Å². The molecule has 1 aromatic carbocycles. The Kier molecular flexibility index (Phi) is 1.48. The quantitative estimate of drug-likeness (QED) is 0.601. The van der Waals surface area contributed by atoms with Crippen molar-refractivity contribution in [2.45, 2.75) is 18.6 Å². The molecule has 0 radical (unpaired) electrons. The Morgan fingerprint density at radius 1 is 1.14 bits per heavy atom. The fraction of sp³-hybridized carbons (Fsp3) is 0.231. The van der Waals surface area contributed by atoms with E-state index >= 15 is 0 Å². The van der Waals surface area contributed by atoms with Crippen molar-refractivity contribution < 1.29 is 4.74 Å². The standard InChI is InChI=1S/C13H12O/c1-8-7-12-10-5-3-4-6-11(10)13(14-12)9(8)2/h3-6,12-13H,1-2,7H2. The molecule has 0 spiro atoms. The Morgan fingerprint density at radius 2 is 1.86 bits per heavy atom. The van der Waals surface area contributed by atoms with Gasteiger partial charge >= 0.3 is 0 Å². The van der Waals surface area contributed by atoms with E-state index in [1.165, 1.54) is 11.1 Å². The lowest BCUT2D eigenvalue weighted by Crippen LogP contribution is -2.10. The van der Waals surface area contributed by atoms with Crippen molar-refractivity contribution in [3.05, 3.63) is 59.7 Å². The molecule has 0 aliphatic carbocycles. The molecule has 2 heterocycles. The second kappa shape index (κ2) is 2.58. The third-order valence-electron chi connectivity index (χ3n) is 3.13. The summed E-state index contributed by atoms with van der Waals surface area (Å²) in [6, 6.07) is 8.39. The second-order valence-electron chi connectivity index (χ2n) is 3.97. The molecule has 0 amide bonds. The summed E-state index contributed by atoms with van der Waals surface area (Å²) in [4.78, 5) is 0. The number of hydrogen-bond donors (Lipinski definition) is 0. The predicted molar refractivity (Wildman–Crippen MR) is 55.9 cm³/mol. The summed E-state index contributed by atoms with van der Waals surface area (Å²) >= 11 is 0. The predicted octanol–water partition coefficient (Wildman–Crippen LogP) is 3.32. The Bertz CT molecular complexity index is 431. The van der Waals surface area contributed by atoms with E-state index in [1.807, 2.05) is 0 Å². The minimum Gasteiger partial charge on any atom is -0.361 e. The molecule has 0 N–H and O–H groups in total. The molecule has 14 heavy (non-hydrogen) atoms. The number of hydrogen-bond acceptors (Lipinski definition) is 1. The lowest BCUT2D eigenvalue weighted by molar-refractivity contribution is 0.0189. The summed E-state index contributed by atoms with van der Waals surface area (Å²) in [6.07, 6.45) is 1.18. The SMILES string of the molecule is C=C1CC2OC(C1=C)c1ccccc12. The number of rotatable bonds is 0. The van der Waals surface area contributed by atoms with Crippen LogP contribution < -0.4 is 0 Å². The van der Waals surface area contributed by atoms with Gasteiger partial charge in [-0.2, -0.15) is 0 Å². The molecule has 1 saturated heterocycles.